The van der Waals surface area contributed by atoms with Crippen molar-refractivity contribution in [3.63, 3.8) is 0 Å². The molecule has 1 unspecified atom stereocenters. The number of carbonyl (C=O) groups is 1. The minimum atomic E-state index is 0.0565. The molecule has 1 amide bonds. The minimum Gasteiger partial charge on any atom is -0.397 e. The molecule has 2 heterocycles. The van der Waals surface area contributed by atoms with Crippen LogP contribution >= 0.6 is 0 Å². The summed E-state index contributed by atoms with van der Waals surface area (Å²) in [5, 5.41) is 0. The highest BCUT2D eigenvalue weighted by Crippen LogP contribution is 2.25. The molecular weight excluding hydrogens is 290 g/mol. The number of benzene rings is 1. The van der Waals surface area contributed by atoms with Gasteiger partial charge in [-0.3, -0.25) is 9.78 Å². The van der Waals surface area contributed by atoms with Crippen LogP contribution in [0.2, 0.25) is 0 Å². The largest absolute Gasteiger partial charge is 0.397 e. The molecule has 0 radical (unpaired) electrons. The highest BCUT2D eigenvalue weighted by molar-refractivity contribution is 5.95. The van der Waals surface area contributed by atoms with Gasteiger partial charge in [0.15, 0.2) is 0 Å². The summed E-state index contributed by atoms with van der Waals surface area (Å²) in [6.45, 7) is 1.45. The van der Waals surface area contributed by atoms with E-state index in [4.69, 9.17) is 10.5 Å². The number of aromatic nitrogens is 1. The average molecular weight is 311 g/mol. The van der Waals surface area contributed by atoms with E-state index in [-0.39, 0.29) is 12.0 Å². The SMILES string of the molecule is COC1CCCN(C(=O)c2ccc(-c3ccncc3N)cc2)C1. The normalized spacial score (nSPS) is 18.0. The van der Waals surface area contributed by atoms with Gasteiger partial charge in [0, 0.05) is 37.5 Å². The standard InChI is InChI=1S/C18H21N3O2/c1-23-15-3-2-10-21(12-15)18(22)14-6-4-13(5-7-14)16-8-9-20-11-17(16)19/h4-9,11,15H,2-3,10,12,19H2,1H3. The summed E-state index contributed by atoms with van der Waals surface area (Å²) in [7, 11) is 1.70. The molecule has 2 aromatic rings. The minimum absolute atomic E-state index is 0.0565. The van der Waals surface area contributed by atoms with Gasteiger partial charge in [-0.05, 0) is 36.6 Å². The van der Waals surface area contributed by atoms with Crippen LogP contribution in [0, 0.1) is 0 Å². The third-order valence-corrected chi connectivity index (χ3v) is 4.29. The predicted molar refractivity (Wildman–Crippen MR) is 90.0 cm³/mol. The molecule has 2 N–H and O–H groups in total. The van der Waals surface area contributed by atoms with Gasteiger partial charge in [-0.1, -0.05) is 12.1 Å². The van der Waals surface area contributed by atoms with Crippen LogP contribution in [0.4, 0.5) is 5.69 Å². The molecule has 5 nitrogen and oxygen atoms in total. The molecule has 1 saturated heterocycles. The topological polar surface area (TPSA) is 68.5 Å². The lowest BCUT2D eigenvalue weighted by Gasteiger charge is -2.32. The second-order valence-corrected chi connectivity index (χ2v) is 5.79. The van der Waals surface area contributed by atoms with E-state index in [9.17, 15) is 4.79 Å². The van der Waals surface area contributed by atoms with Gasteiger partial charge in [0.2, 0.25) is 0 Å². The molecule has 3 rings (SSSR count). The van der Waals surface area contributed by atoms with Gasteiger partial charge >= 0.3 is 0 Å². The van der Waals surface area contributed by atoms with Crippen LogP contribution in [0.1, 0.15) is 23.2 Å². The summed E-state index contributed by atoms with van der Waals surface area (Å²) >= 11 is 0. The van der Waals surface area contributed by atoms with E-state index in [1.807, 2.05) is 35.2 Å². The number of likely N-dealkylation sites (tertiary alicyclic amines) is 1. The van der Waals surface area contributed by atoms with Crippen LogP contribution in [-0.2, 0) is 4.74 Å². The van der Waals surface area contributed by atoms with Crippen LogP contribution in [0.5, 0.6) is 0 Å². The maximum atomic E-state index is 12.6. The highest BCUT2D eigenvalue weighted by atomic mass is 16.5. The van der Waals surface area contributed by atoms with Gasteiger partial charge in [0.05, 0.1) is 18.0 Å². The zero-order valence-electron chi connectivity index (χ0n) is 13.2. The maximum Gasteiger partial charge on any atom is 0.253 e. The molecule has 0 aliphatic carbocycles. The Labute approximate surface area is 136 Å². The quantitative estimate of drug-likeness (QED) is 0.946. The highest BCUT2D eigenvalue weighted by Gasteiger charge is 2.24. The number of pyridine rings is 1. The first kappa shape index (κ1) is 15.5. The maximum absolute atomic E-state index is 12.6. The van der Waals surface area contributed by atoms with E-state index < -0.39 is 0 Å². The number of carbonyl (C=O) groups excluding carboxylic acids is 1. The number of ether oxygens (including phenoxy) is 1. The van der Waals surface area contributed by atoms with Crippen molar-refractivity contribution in [2.24, 2.45) is 0 Å². The number of anilines is 1. The van der Waals surface area contributed by atoms with E-state index in [0.29, 0.717) is 17.8 Å². The number of nitrogens with zero attached hydrogens (tertiary/aromatic N) is 2. The predicted octanol–water partition coefficient (Wildman–Crippen LogP) is 2.58. The third-order valence-electron chi connectivity index (χ3n) is 4.29. The van der Waals surface area contributed by atoms with Crippen LogP contribution in [-0.4, -0.2) is 42.1 Å². The van der Waals surface area contributed by atoms with E-state index in [2.05, 4.69) is 4.98 Å². The number of piperidine rings is 1. The number of nitrogens with two attached hydrogens (primary N) is 1. The summed E-state index contributed by atoms with van der Waals surface area (Å²) in [6, 6.07) is 9.44. The summed E-state index contributed by atoms with van der Waals surface area (Å²) in [5.74, 6) is 0.0565. The third kappa shape index (κ3) is 3.35. The summed E-state index contributed by atoms with van der Waals surface area (Å²) in [6.07, 6.45) is 5.48. The molecule has 1 aromatic heterocycles. The second kappa shape index (κ2) is 6.79. The number of amides is 1. The van der Waals surface area contributed by atoms with Gasteiger partial charge in [-0.25, -0.2) is 0 Å². The molecular formula is C18H21N3O2. The van der Waals surface area contributed by atoms with Gasteiger partial charge in [0.1, 0.15) is 0 Å². The first-order valence-corrected chi connectivity index (χ1v) is 7.81. The van der Waals surface area contributed by atoms with E-state index in [0.717, 1.165) is 30.5 Å². The van der Waals surface area contributed by atoms with Crippen LogP contribution in [0.25, 0.3) is 11.1 Å². The lowest BCUT2D eigenvalue weighted by molar-refractivity contribution is 0.0269. The zero-order valence-corrected chi connectivity index (χ0v) is 13.2. The van der Waals surface area contributed by atoms with Crippen molar-refractivity contribution in [1.82, 2.24) is 9.88 Å². The molecule has 1 aliphatic heterocycles. The van der Waals surface area contributed by atoms with Gasteiger partial charge in [0.25, 0.3) is 5.91 Å². The van der Waals surface area contributed by atoms with E-state index in [1.165, 1.54) is 0 Å². The number of rotatable bonds is 3. The van der Waals surface area contributed by atoms with Crippen molar-refractivity contribution in [3.8, 4) is 11.1 Å². The Kier molecular flexibility index (Phi) is 4.57. The Morgan fingerprint density at radius 2 is 2.09 bits per heavy atom. The number of hydrogen-bond donors (Lipinski definition) is 1. The first-order chi connectivity index (χ1) is 11.2. The van der Waals surface area contributed by atoms with Crippen molar-refractivity contribution < 1.29 is 9.53 Å². The van der Waals surface area contributed by atoms with Crippen molar-refractivity contribution in [1.29, 1.82) is 0 Å². The zero-order chi connectivity index (χ0) is 16.2. The average Bonchev–Trinajstić information content (AvgIpc) is 2.62. The Morgan fingerprint density at radius 1 is 1.30 bits per heavy atom. The Hall–Kier alpha value is -2.40. The van der Waals surface area contributed by atoms with Gasteiger partial charge in [-0.2, -0.15) is 0 Å². The van der Waals surface area contributed by atoms with Crippen molar-refractivity contribution in [2.75, 3.05) is 25.9 Å². The number of hydrogen-bond acceptors (Lipinski definition) is 4. The fourth-order valence-corrected chi connectivity index (χ4v) is 2.96. The first-order valence-electron chi connectivity index (χ1n) is 7.81. The van der Waals surface area contributed by atoms with E-state index in [1.54, 1.807) is 19.5 Å². The van der Waals surface area contributed by atoms with Crippen molar-refractivity contribution in [3.05, 3.63) is 48.3 Å². The summed E-state index contributed by atoms with van der Waals surface area (Å²) < 4.78 is 5.38. The van der Waals surface area contributed by atoms with Gasteiger partial charge < -0.3 is 15.4 Å². The smallest absolute Gasteiger partial charge is 0.253 e. The number of nitrogen functional groups attached to an aromatic ring is 1. The molecule has 1 atom stereocenters. The lowest BCUT2D eigenvalue weighted by Crippen LogP contribution is -2.42. The molecule has 120 valence electrons. The molecule has 1 aromatic carbocycles. The molecule has 5 heteroatoms. The van der Waals surface area contributed by atoms with Gasteiger partial charge in [-0.15, -0.1) is 0 Å². The second-order valence-electron chi connectivity index (χ2n) is 5.79. The van der Waals surface area contributed by atoms with Crippen molar-refractivity contribution in [2.45, 2.75) is 18.9 Å². The Bertz CT molecular complexity index is 685. The molecule has 0 spiro atoms. The molecule has 23 heavy (non-hydrogen) atoms. The molecule has 0 saturated carbocycles. The summed E-state index contributed by atoms with van der Waals surface area (Å²) in [5.41, 5.74) is 9.18. The fourth-order valence-electron chi connectivity index (χ4n) is 2.96. The van der Waals surface area contributed by atoms with E-state index >= 15 is 0 Å². The molecule has 0 bridgehead atoms. The fraction of sp³-hybridized carbons (Fsp3) is 0.333. The molecule has 1 fully saturated rings. The van der Waals surface area contributed by atoms with Crippen LogP contribution in [0.15, 0.2) is 42.7 Å². The monoisotopic (exact) mass is 311 g/mol. The Morgan fingerprint density at radius 3 is 2.78 bits per heavy atom. The van der Waals surface area contributed by atoms with Crippen LogP contribution < -0.4 is 5.73 Å². The number of methoxy groups -OCH3 is 1. The molecule has 1 aliphatic rings. The van der Waals surface area contributed by atoms with Crippen LogP contribution in [0.3, 0.4) is 0 Å². The summed E-state index contributed by atoms with van der Waals surface area (Å²) in [4.78, 5) is 18.5. The van der Waals surface area contributed by atoms with Crippen molar-refractivity contribution >= 4 is 11.6 Å². The Balaban J connectivity index is 1.77. The lowest BCUT2D eigenvalue weighted by atomic mass is 10.0.